The molecule has 21 heavy (non-hydrogen) atoms. The third-order valence-electron chi connectivity index (χ3n) is 3.02. The summed E-state index contributed by atoms with van der Waals surface area (Å²) in [5.41, 5.74) is 12.1. The van der Waals surface area contributed by atoms with Crippen molar-refractivity contribution in [1.29, 1.82) is 0 Å². The van der Waals surface area contributed by atoms with Crippen LogP contribution in [-0.4, -0.2) is 27.7 Å². The Hall–Kier alpha value is -2.05. The maximum Gasteiger partial charge on any atom is 0.167 e. The first-order valence-electron chi connectivity index (χ1n) is 6.62. The lowest BCUT2D eigenvalue weighted by atomic mass is 10.2. The van der Waals surface area contributed by atoms with Gasteiger partial charge in [-0.2, -0.15) is 0 Å². The smallest absolute Gasteiger partial charge is 0.167 e. The molecule has 1 aromatic heterocycles. The van der Waals surface area contributed by atoms with Gasteiger partial charge in [0, 0.05) is 23.7 Å². The van der Waals surface area contributed by atoms with Gasteiger partial charge in [-0.25, -0.2) is 9.97 Å². The number of aromatic nitrogens is 2. The summed E-state index contributed by atoms with van der Waals surface area (Å²) in [6, 6.07) is 6.32. The van der Waals surface area contributed by atoms with E-state index in [0.717, 1.165) is 6.42 Å². The van der Waals surface area contributed by atoms with Gasteiger partial charge in [0.2, 0.25) is 0 Å². The molecule has 0 fully saturated rings. The van der Waals surface area contributed by atoms with E-state index in [1.165, 1.54) is 6.07 Å². The first-order valence-corrected chi connectivity index (χ1v) is 7.00. The Morgan fingerprint density at radius 3 is 2.81 bits per heavy atom. The zero-order valence-electron chi connectivity index (χ0n) is 11.7. The third kappa shape index (κ3) is 3.96. The summed E-state index contributed by atoms with van der Waals surface area (Å²) in [7, 11) is 0. The number of nitrogens with two attached hydrogens (primary N) is 2. The first-order chi connectivity index (χ1) is 9.99. The summed E-state index contributed by atoms with van der Waals surface area (Å²) < 4.78 is 0. The number of hydrogen-bond donors (Lipinski definition) is 4. The Morgan fingerprint density at radius 2 is 2.10 bits per heavy atom. The van der Waals surface area contributed by atoms with Crippen LogP contribution in [0.3, 0.4) is 0 Å². The summed E-state index contributed by atoms with van der Waals surface area (Å²) in [4.78, 5) is 8.47. The molecule has 0 aliphatic heterocycles. The van der Waals surface area contributed by atoms with Crippen LogP contribution in [0.2, 0.25) is 5.02 Å². The number of nitrogen functional groups attached to an aromatic ring is 1. The van der Waals surface area contributed by atoms with Gasteiger partial charge in [-0.15, -0.1) is 0 Å². The van der Waals surface area contributed by atoms with Crippen molar-refractivity contribution < 1.29 is 5.11 Å². The molecule has 1 aromatic carbocycles. The number of nitrogens with one attached hydrogen (secondary N) is 1. The topological polar surface area (TPSA) is 110 Å². The number of halogens is 1. The highest BCUT2D eigenvalue weighted by Crippen LogP contribution is 2.30. The van der Waals surface area contributed by atoms with Crippen LogP contribution in [-0.2, 0) is 0 Å². The van der Waals surface area contributed by atoms with Crippen molar-refractivity contribution in [3.8, 4) is 17.1 Å². The van der Waals surface area contributed by atoms with Gasteiger partial charge < -0.3 is 21.9 Å². The molecule has 0 bridgehead atoms. The van der Waals surface area contributed by atoms with Gasteiger partial charge in [0.05, 0.1) is 5.56 Å². The lowest BCUT2D eigenvalue weighted by Gasteiger charge is -2.12. The van der Waals surface area contributed by atoms with Crippen molar-refractivity contribution in [2.24, 2.45) is 5.73 Å². The highest BCUT2D eigenvalue weighted by atomic mass is 35.5. The summed E-state index contributed by atoms with van der Waals surface area (Å²) in [6.07, 6.45) is 0.857. The van der Waals surface area contributed by atoms with Gasteiger partial charge in [-0.3, -0.25) is 0 Å². The summed E-state index contributed by atoms with van der Waals surface area (Å²) in [6.45, 7) is 2.59. The molecule has 0 spiro atoms. The second-order valence-corrected chi connectivity index (χ2v) is 5.15. The summed E-state index contributed by atoms with van der Waals surface area (Å²) in [5, 5.41) is 13.5. The van der Waals surface area contributed by atoms with Crippen molar-refractivity contribution >= 4 is 23.2 Å². The van der Waals surface area contributed by atoms with Crippen LogP contribution in [0.15, 0.2) is 24.3 Å². The number of rotatable bonds is 5. The fourth-order valence-corrected chi connectivity index (χ4v) is 1.92. The minimum absolute atomic E-state index is 0.0317. The zero-order valence-corrected chi connectivity index (χ0v) is 12.4. The molecule has 0 saturated heterocycles. The third-order valence-corrected chi connectivity index (χ3v) is 3.25. The van der Waals surface area contributed by atoms with E-state index in [0.29, 0.717) is 34.6 Å². The van der Waals surface area contributed by atoms with E-state index >= 15 is 0 Å². The number of anilines is 2. The average Bonchev–Trinajstić information content (AvgIpc) is 2.46. The Bertz CT molecular complexity index is 635. The monoisotopic (exact) mass is 307 g/mol. The van der Waals surface area contributed by atoms with E-state index in [2.05, 4.69) is 15.3 Å². The molecule has 7 heteroatoms. The van der Waals surface area contributed by atoms with Crippen molar-refractivity contribution in [3.05, 3.63) is 29.3 Å². The maximum absolute atomic E-state index is 9.91. The van der Waals surface area contributed by atoms with Crippen LogP contribution in [0.4, 0.5) is 11.6 Å². The van der Waals surface area contributed by atoms with Gasteiger partial charge in [0.25, 0.3) is 0 Å². The molecule has 2 rings (SSSR count). The Kier molecular flexibility index (Phi) is 4.82. The van der Waals surface area contributed by atoms with Crippen LogP contribution < -0.4 is 16.8 Å². The molecule has 0 amide bonds. The first kappa shape index (κ1) is 15.3. The molecule has 6 N–H and O–H groups in total. The summed E-state index contributed by atoms with van der Waals surface area (Å²) >= 11 is 5.94. The van der Waals surface area contributed by atoms with E-state index < -0.39 is 0 Å². The predicted octanol–water partition coefficient (Wildman–Crippen LogP) is 2.23. The van der Waals surface area contributed by atoms with Gasteiger partial charge in [0.15, 0.2) is 5.82 Å². The minimum atomic E-state index is 0.0317. The van der Waals surface area contributed by atoms with Gasteiger partial charge in [-0.1, -0.05) is 18.5 Å². The molecular formula is C14H18ClN5O. The molecule has 1 heterocycles. The lowest BCUT2D eigenvalue weighted by Crippen LogP contribution is -2.28. The molecule has 112 valence electrons. The van der Waals surface area contributed by atoms with Crippen LogP contribution in [0.5, 0.6) is 5.75 Å². The molecule has 0 saturated carbocycles. The Balaban J connectivity index is 2.32. The molecule has 1 unspecified atom stereocenters. The standard InChI is InChI=1S/C14H18ClN5O/c1-2-9(16)7-18-13-6-12(17)19-14(20-13)10-5-8(15)3-4-11(10)21/h3-6,9,21H,2,7,16H2,1H3,(H3,17,18,19,20). The van der Waals surface area contributed by atoms with Crippen molar-refractivity contribution in [2.75, 3.05) is 17.6 Å². The van der Waals surface area contributed by atoms with Crippen LogP contribution in [0.1, 0.15) is 13.3 Å². The molecule has 6 nitrogen and oxygen atoms in total. The van der Waals surface area contributed by atoms with Crippen molar-refractivity contribution in [2.45, 2.75) is 19.4 Å². The number of phenolic OH excluding ortho intramolecular Hbond substituents is 1. The maximum atomic E-state index is 9.91. The van der Waals surface area contributed by atoms with E-state index in [1.807, 2.05) is 6.92 Å². The van der Waals surface area contributed by atoms with Gasteiger partial charge >= 0.3 is 0 Å². The van der Waals surface area contributed by atoms with Crippen molar-refractivity contribution in [1.82, 2.24) is 9.97 Å². The van der Waals surface area contributed by atoms with E-state index in [1.54, 1.807) is 18.2 Å². The molecule has 1 atom stereocenters. The molecular weight excluding hydrogens is 290 g/mol. The fraction of sp³-hybridized carbons (Fsp3) is 0.286. The molecule has 0 aliphatic carbocycles. The SMILES string of the molecule is CCC(N)CNc1cc(N)nc(-c2cc(Cl)ccc2O)n1. The summed E-state index contributed by atoms with van der Waals surface area (Å²) in [5.74, 6) is 1.21. The van der Waals surface area contributed by atoms with Crippen LogP contribution in [0.25, 0.3) is 11.4 Å². The Morgan fingerprint density at radius 1 is 1.33 bits per heavy atom. The van der Waals surface area contributed by atoms with Crippen LogP contribution in [0, 0.1) is 0 Å². The molecule has 2 aromatic rings. The molecule has 0 aliphatic rings. The normalized spacial score (nSPS) is 12.1. The zero-order chi connectivity index (χ0) is 15.4. The number of phenols is 1. The van der Waals surface area contributed by atoms with Gasteiger partial charge in [-0.05, 0) is 24.6 Å². The highest BCUT2D eigenvalue weighted by molar-refractivity contribution is 6.30. The van der Waals surface area contributed by atoms with E-state index in [4.69, 9.17) is 23.1 Å². The second-order valence-electron chi connectivity index (χ2n) is 4.71. The fourth-order valence-electron chi connectivity index (χ4n) is 1.74. The minimum Gasteiger partial charge on any atom is -0.507 e. The largest absolute Gasteiger partial charge is 0.507 e. The number of hydrogen-bond acceptors (Lipinski definition) is 6. The van der Waals surface area contributed by atoms with E-state index in [-0.39, 0.29) is 11.8 Å². The van der Waals surface area contributed by atoms with Crippen molar-refractivity contribution in [3.63, 3.8) is 0 Å². The van der Waals surface area contributed by atoms with E-state index in [9.17, 15) is 5.11 Å². The quantitative estimate of drug-likeness (QED) is 0.674. The Labute approximate surface area is 128 Å². The predicted molar refractivity (Wildman–Crippen MR) is 85.3 cm³/mol. The number of nitrogens with zero attached hydrogens (tertiary/aromatic N) is 2. The number of aromatic hydroxyl groups is 1. The average molecular weight is 308 g/mol. The molecule has 0 radical (unpaired) electrons. The lowest BCUT2D eigenvalue weighted by molar-refractivity contribution is 0.477. The highest BCUT2D eigenvalue weighted by Gasteiger charge is 2.11. The second kappa shape index (κ2) is 6.60. The van der Waals surface area contributed by atoms with Crippen LogP contribution >= 0.6 is 11.6 Å². The number of benzene rings is 1. The van der Waals surface area contributed by atoms with Gasteiger partial charge in [0.1, 0.15) is 17.4 Å².